The Morgan fingerprint density at radius 1 is 1.14 bits per heavy atom. The van der Waals surface area contributed by atoms with Crippen LogP contribution in [-0.2, 0) is 6.61 Å². The first-order valence-electron chi connectivity index (χ1n) is 6.59. The summed E-state index contributed by atoms with van der Waals surface area (Å²) in [4.78, 5) is 4.34. The third-order valence-corrected chi connectivity index (χ3v) is 3.06. The van der Waals surface area contributed by atoms with Crippen molar-refractivity contribution in [3.05, 3.63) is 59.9 Å². The fourth-order valence-electron chi connectivity index (χ4n) is 2.01. The highest BCUT2D eigenvalue weighted by Crippen LogP contribution is 2.23. The van der Waals surface area contributed by atoms with Crippen LogP contribution in [0.4, 0.5) is 5.69 Å². The zero-order valence-electron chi connectivity index (χ0n) is 11.6. The number of benzene rings is 2. The Balaban J connectivity index is 1.74. The molecule has 3 aromatic rings. The Morgan fingerprint density at radius 2 is 1.95 bits per heavy atom. The summed E-state index contributed by atoms with van der Waals surface area (Å²) in [6.45, 7) is 2.22. The Hall–Kier alpha value is -2.82. The fraction of sp³-hybridized carbons (Fsp3) is 0.125. The van der Waals surface area contributed by atoms with Crippen LogP contribution in [0.1, 0.15) is 11.4 Å². The lowest BCUT2D eigenvalue weighted by molar-refractivity contribution is 0.287. The van der Waals surface area contributed by atoms with Gasteiger partial charge in [0.15, 0.2) is 6.61 Å². The molecule has 2 N–H and O–H groups in total. The van der Waals surface area contributed by atoms with E-state index in [1.807, 2.05) is 55.5 Å². The minimum Gasteiger partial charge on any atom is -0.485 e. The quantitative estimate of drug-likeness (QED) is 0.743. The Morgan fingerprint density at radius 3 is 2.71 bits per heavy atom. The maximum atomic E-state index is 5.74. The van der Waals surface area contributed by atoms with Crippen molar-refractivity contribution in [3.8, 4) is 17.2 Å². The fourth-order valence-corrected chi connectivity index (χ4v) is 2.01. The zero-order valence-corrected chi connectivity index (χ0v) is 11.6. The average molecular weight is 281 g/mol. The number of aromatic nitrogens is 2. The van der Waals surface area contributed by atoms with Gasteiger partial charge in [-0.25, -0.2) is 0 Å². The number of nitrogens with two attached hydrogens (primary N) is 1. The molecule has 3 rings (SSSR count). The molecule has 1 heterocycles. The maximum absolute atomic E-state index is 5.74. The highest BCUT2D eigenvalue weighted by atomic mass is 16.5. The molecular weight excluding hydrogens is 266 g/mol. The molecule has 0 unspecified atom stereocenters. The number of ether oxygens (including phenoxy) is 1. The maximum Gasteiger partial charge on any atom is 0.258 e. The monoisotopic (exact) mass is 281 g/mol. The molecule has 0 aliphatic rings. The van der Waals surface area contributed by atoms with Crippen molar-refractivity contribution in [1.82, 2.24) is 10.1 Å². The average Bonchev–Trinajstić information content (AvgIpc) is 2.95. The number of hydrogen-bond acceptors (Lipinski definition) is 5. The molecular formula is C16H15N3O2. The molecule has 21 heavy (non-hydrogen) atoms. The van der Waals surface area contributed by atoms with E-state index >= 15 is 0 Å². The number of hydrogen-bond donors (Lipinski definition) is 1. The van der Waals surface area contributed by atoms with Gasteiger partial charge in [-0.05, 0) is 42.8 Å². The summed E-state index contributed by atoms with van der Waals surface area (Å²) in [5, 5.41) is 3.93. The van der Waals surface area contributed by atoms with Crippen LogP contribution >= 0.6 is 0 Å². The number of anilines is 1. The molecule has 0 saturated heterocycles. The Labute approximate surface area is 122 Å². The second-order valence-corrected chi connectivity index (χ2v) is 4.69. The third-order valence-electron chi connectivity index (χ3n) is 3.06. The van der Waals surface area contributed by atoms with Gasteiger partial charge in [-0.1, -0.05) is 23.4 Å². The van der Waals surface area contributed by atoms with Gasteiger partial charge in [0.05, 0.1) is 0 Å². The molecule has 0 atom stereocenters. The van der Waals surface area contributed by atoms with Gasteiger partial charge in [-0.15, -0.1) is 0 Å². The predicted octanol–water partition coefficient (Wildman–Crippen LogP) is 3.21. The van der Waals surface area contributed by atoms with Crippen LogP contribution in [0.15, 0.2) is 53.1 Å². The van der Waals surface area contributed by atoms with Crippen LogP contribution in [0.5, 0.6) is 5.75 Å². The summed E-state index contributed by atoms with van der Waals surface area (Å²) in [6.07, 6.45) is 0. The van der Waals surface area contributed by atoms with Crippen molar-refractivity contribution < 1.29 is 9.26 Å². The predicted molar refractivity (Wildman–Crippen MR) is 79.7 cm³/mol. The molecule has 0 fully saturated rings. The van der Waals surface area contributed by atoms with Crippen molar-refractivity contribution >= 4 is 5.69 Å². The van der Waals surface area contributed by atoms with E-state index in [1.54, 1.807) is 0 Å². The first kappa shape index (κ1) is 13.2. The highest BCUT2D eigenvalue weighted by Gasteiger charge is 2.11. The zero-order chi connectivity index (χ0) is 14.7. The van der Waals surface area contributed by atoms with E-state index in [1.165, 1.54) is 0 Å². The molecule has 0 spiro atoms. The van der Waals surface area contributed by atoms with Gasteiger partial charge in [0, 0.05) is 11.3 Å². The van der Waals surface area contributed by atoms with Crippen molar-refractivity contribution in [2.24, 2.45) is 0 Å². The van der Waals surface area contributed by atoms with Crippen LogP contribution in [0.25, 0.3) is 11.5 Å². The molecule has 106 valence electrons. The molecule has 1 aromatic heterocycles. The van der Waals surface area contributed by atoms with E-state index in [0.29, 0.717) is 17.4 Å². The van der Waals surface area contributed by atoms with Crippen molar-refractivity contribution in [2.45, 2.75) is 13.5 Å². The van der Waals surface area contributed by atoms with Crippen molar-refractivity contribution in [1.29, 1.82) is 0 Å². The molecule has 0 radical (unpaired) electrons. The van der Waals surface area contributed by atoms with Gasteiger partial charge in [-0.3, -0.25) is 0 Å². The van der Waals surface area contributed by atoms with Gasteiger partial charge in [-0.2, -0.15) is 4.98 Å². The smallest absolute Gasteiger partial charge is 0.258 e. The van der Waals surface area contributed by atoms with Crippen LogP contribution < -0.4 is 10.5 Å². The first-order chi connectivity index (χ1) is 10.2. The van der Waals surface area contributed by atoms with Gasteiger partial charge in [0.25, 0.3) is 5.89 Å². The van der Waals surface area contributed by atoms with Crippen LogP contribution in [0, 0.1) is 6.92 Å². The van der Waals surface area contributed by atoms with Gasteiger partial charge in [0.2, 0.25) is 5.82 Å². The normalized spacial score (nSPS) is 10.5. The summed E-state index contributed by atoms with van der Waals surface area (Å²) in [6, 6.07) is 15.1. The Kier molecular flexibility index (Phi) is 3.55. The summed E-state index contributed by atoms with van der Waals surface area (Å²) in [5.41, 5.74) is 8.32. The van der Waals surface area contributed by atoms with E-state index in [0.717, 1.165) is 16.9 Å². The molecule has 0 aliphatic heterocycles. The molecule has 0 saturated carbocycles. The molecule has 0 bridgehead atoms. The third kappa shape index (κ3) is 3.02. The SMILES string of the molecule is Cc1cc(N)ccc1-c1nc(COc2ccccc2)no1. The summed E-state index contributed by atoms with van der Waals surface area (Å²) < 4.78 is 10.9. The molecule has 2 aromatic carbocycles. The van der Waals surface area contributed by atoms with Crippen LogP contribution in [0.3, 0.4) is 0 Å². The van der Waals surface area contributed by atoms with E-state index < -0.39 is 0 Å². The van der Waals surface area contributed by atoms with Crippen molar-refractivity contribution in [3.63, 3.8) is 0 Å². The molecule has 0 amide bonds. The van der Waals surface area contributed by atoms with Gasteiger partial charge in [0.1, 0.15) is 5.75 Å². The van der Waals surface area contributed by atoms with E-state index in [9.17, 15) is 0 Å². The second kappa shape index (κ2) is 5.66. The number of nitrogen functional groups attached to an aromatic ring is 1. The summed E-state index contributed by atoms with van der Waals surface area (Å²) in [5.74, 6) is 1.75. The van der Waals surface area contributed by atoms with Crippen LogP contribution in [0.2, 0.25) is 0 Å². The molecule has 5 nitrogen and oxygen atoms in total. The largest absolute Gasteiger partial charge is 0.485 e. The standard InChI is InChI=1S/C16H15N3O2/c1-11-9-12(17)7-8-14(11)16-18-15(19-21-16)10-20-13-5-3-2-4-6-13/h2-9H,10,17H2,1H3. The van der Waals surface area contributed by atoms with E-state index in [4.69, 9.17) is 15.0 Å². The summed E-state index contributed by atoms with van der Waals surface area (Å²) in [7, 11) is 0. The van der Waals surface area contributed by atoms with E-state index in [2.05, 4.69) is 10.1 Å². The lowest BCUT2D eigenvalue weighted by Crippen LogP contribution is -1.97. The lowest BCUT2D eigenvalue weighted by Gasteiger charge is -2.02. The summed E-state index contributed by atoms with van der Waals surface area (Å²) >= 11 is 0. The van der Waals surface area contributed by atoms with Crippen LogP contribution in [-0.4, -0.2) is 10.1 Å². The number of nitrogens with zero attached hydrogens (tertiary/aromatic N) is 2. The minimum atomic E-state index is 0.265. The first-order valence-corrected chi connectivity index (χ1v) is 6.59. The Bertz CT molecular complexity index is 738. The number of para-hydroxylation sites is 1. The molecule has 0 aliphatic carbocycles. The highest BCUT2D eigenvalue weighted by molar-refractivity contribution is 5.62. The topological polar surface area (TPSA) is 74.2 Å². The second-order valence-electron chi connectivity index (χ2n) is 4.69. The van der Waals surface area contributed by atoms with Crippen molar-refractivity contribution in [2.75, 3.05) is 5.73 Å². The lowest BCUT2D eigenvalue weighted by atomic mass is 10.1. The van der Waals surface area contributed by atoms with Gasteiger partial charge >= 0.3 is 0 Å². The van der Waals surface area contributed by atoms with Gasteiger partial charge < -0.3 is 15.0 Å². The number of rotatable bonds is 4. The van der Waals surface area contributed by atoms with E-state index in [-0.39, 0.29) is 6.61 Å². The molecule has 5 heteroatoms. The number of aryl methyl sites for hydroxylation is 1. The minimum absolute atomic E-state index is 0.265.